The molecule has 1 fully saturated rings. The molecule has 0 saturated carbocycles. The molecule has 0 atom stereocenters. The Morgan fingerprint density at radius 2 is 1.28 bits per heavy atom. The summed E-state index contributed by atoms with van der Waals surface area (Å²) in [5, 5.41) is 0. The minimum Gasteiger partial charge on any atom is -0.340 e. The van der Waals surface area contributed by atoms with Gasteiger partial charge in [0.25, 0.3) is 0 Å². The first-order valence-electron chi connectivity index (χ1n) is 10.6. The Morgan fingerprint density at radius 1 is 0.781 bits per heavy atom. The summed E-state index contributed by atoms with van der Waals surface area (Å²) in [5.74, 6) is -0.865. The molecular weight excluding hydrogens is 427 g/mol. The average Bonchev–Trinajstić information content (AvgIpc) is 2.84. The number of hydrogen-bond donors (Lipinski definition) is 0. The molecule has 1 amide bonds. The Bertz CT molecular complexity index is 1120. The van der Waals surface area contributed by atoms with E-state index in [2.05, 4.69) is 0 Å². The zero-order chi connectivity index (χ0) is 22.6. The van der Waals surface area contributed by atoms with E-state index in [1.54, 1.807) is 4.90 Å². The lowest BCUT2D eigenvalue weighted by molar-refractivity contribution is -0.132. The predicted molar refractivity (Wildman–Crippen MR) is 121 cm³/mol. The van der Waals surface area contributed by atoms with Gasteiger partial charge in [-0.05, 0) is 23.3 Å². The van der Waals surface area contributed by atoms with Crippen molar-refractivity contribution in [3.05, 3.63) is 102 Å². The minimum absolute atomic E-state index is 0.0226. The largest absolute Gasteiger partial charge is 0.340 e. The molecule has 1 aliphatic heterocycles. The number of carbonyl (C=O) groups is 1. The van der Waals surface area contributed by atoms with Gasteiger partial charge in [0.2, 0.25) is 15.9 Å². The zero-order valence-electron chi connectivity index (χ0n) is 17.6. The van der Waals surface area contributed by atoms with Crippen LogP contribution in [0.1, 0.15) is 23.5 Å². The van der Waals surface area contributed by atoms with Crippen molar-refractivity contribution in [2.75, 3.05) is 26.2 Å². The van der Waals surface area contributed by atoms with Crippen LogP contribution in [0.25, 0.3) is 0 Å². The summed E-state index contributed by atoms with van der Waals surface area (Å²) in [6, 6.07) is 25.2. The quantitative estimate of drug-likeness (QED) is 0.570. The highest BCUT2D eigenvalue weighted by molar-refractivity contribution is 7.89. The third kappa shape index (κ3) is 4.74. The third-order valence-electron chi connectivity index (χ3n) is 5.83. The lowest BCUT2D eigenvalue weighted by atomic mass is 9.88. The van der Waals surface area contributed by atoms with Crippen molar-refractivity contribution in [1.82, 2.24) is 9.21 Å². The molecule has 3 aromatic carbocycles. The van der Waals surface area contributed by atoms with Gasteiger partial charge in [-0.1, -0.05) is 72.8 Å². The highest BCUT2D eigenvalue weighted by Gasteiger charge is 2.32. The molecule has 0 aromatic heterocycles. The summed E-state index contributed by atoms with van der Waals surface area (Å²) in [7, 11) is -3.93. The molecule has 0 aliphatic carbocycles. The molecule has 32 heavy (non-hydrogen) atoms. The molecule has 0 bridgehead atoms. The van der Waals surface area contributed by atoms with E-state index in [1.807, 2.05) is 60.7 Å². The van der Waals surface area contributed by atoms with E-state index in [0.717, 1.165) is 17.2 Å². The molecule has 1 saturated heterocycles. The van der Waals surface area contributed by atoms with Gasteiger partial charge in [0.15, 0.2) is 0 Å². The van der Waals surface area contributed by atoms with Crippen molar-refractivity contribution in [3.63, 3.8) is 0 Å². The topological polar surface area (TPSA) is 57.7 Å². The van der Waals surface area contributed by atoms with E-state index in [4.69, 9.17) is 0 Å². The highest BCUT2D eigenvalue weighted by atomic mass is 32.2. The lowest BCUT2D eigenvalue weighted by Gasteiger charge is -2.35. The van der Waals surface area contributed by atoms with E-state index in [9.17, 15) is 17.6 Å². The second-order valence-electron chi connectivity index (χ2n) is 7.79. The zero-order valence-corrected chi connectivity index (χ0v) is 18.4. The Morgan fingerprint density at radius 3 is 1.81 bits per heavy atom. The van der Waals surface area contributed by atoms with Gasteiger partial charge in [0.05, 0.1) is 0 Å². The van der Waals surface area contributed by atoms with Gasteiger partial charge in [-0.25, -0.2) is 12.8 Å². The fraction of sp³-hybridized carbons (Fsp3) is 0.240. The summed E-state index contributed by atoms with van der Waals surface area (Å²) in [6.07, 6.45) is 0.300. The molecule has 0 N–H and O–H groups in total. The number of halogens is 1. The molecule has 166 valence electrons. The van der Waals surface area contributed by atoms with E-state index in [1.165, 1.54) is 22.5 Å². The first-order chi connectivity index (χ1) is 15.5. The van der Waals surface area contributed by atoms with Gasteiger partial charge in [-0.3, -0.25) is 4.79 Å². The van der Waals surface area contributed by atoms with Crippen molar-refractivity contribution in [1.29, 1.82) is 0 Å². The van der Waals surface area contributed by atoms with Gasteiger partial charge < -0.3 is 4.90 Å². The number of carbonyl (C=O) groups excluding carboxylic acids is 1. The van der Waals surface area contributed by atoms with Crippen LogP contribution in [0.5, 0.6) is 0 Å². The molecule has 1 aliphatic rings. The monoisotopic (exact) mass is 452 g/mol. The maximum Gasteiger partial charge on any atom is 0.246 e. The third-order valence-corrected chi connectivity index (χ3v) is 7.76. The van der Waals surface area contributed by atoms with E-state index < -0.39 is 15.8 Å². The van der Waals surface area contributed by atoms with E-state index >= 15 is 0 Å². The maximum atomic E-state index is 14.0. The lowest BCUT2D eigenvalue weighted by Crippen LogP contribution is -2.50. The van der Waals surface area contributed by atoms with Gasteiger partial charge in [-0.15, -0.1) is 0 Å². The van der Waals surface area contributed by atoms with Gasteiger partial charge in [0, 0.05) is 38.5 Å². The summed E-state index contributed by atoms with van der Waals surface area (Å²) < 4.78 is 40.9. The Labute approximate surface area is 188 Å². The van der Waals surface area contributed by atoms with E-state index in [-0.39, 0.29) is 42.9 Å². The number of rotatable bonds is 6. The number of benzene rings is 3. The van der Waals surface area contributed by atoms with Crippen LogP contribution >= 0.6 is 0 Å². The van der Waals surface area contributed by atoms with Crippen LogP contribution in [0.2, 0.25) is 0 Å². The number of piperazine rings is 1. The number of hydrogen-bond acceptors (Lipinski definition) is 3. The van der Waals surface area contributed by atoms with Crippen LogP contribution in [0.15, 0.2) is 89.8 Å². The Balaban J connectivity index is 1.45. The molecule has 7 heteroatoms. The normalized spacial score (nSPS) is 15.1. The SMILES string of the molecule is O=C(CC(c1ccccc1)c1ccccc1)N1CCN(S(=O)(=O)c2ccccc2F)CC1. The van der Waals surface area contributed by atoms with Crippen LogP contribution in [0, 0.1) is 5.82 Å². The average molecular weight is 453 g/mol. The first-order valence-corrected chi connectivity index (χ1v) is 12.0. The summed E-state index contributed by atoms with van der Waals surface area (Å²) in [6.45, 7) is 0.846. The van der Waals surface area contributed by atoms with Crippen molar-refractivity contribution in [2.24, 2.45) is 0 Å². The van der Waals surface area contributed by atoms with Crippen LogP contribution < -0.4 is 0 Å². The van der Waals surface area contributed by atoms with Gasteiger partial charge in [0.1, 0.15) is 10.7 Å². The number of sulfonamides is 1. The molecule has 4 rings (SSSR count). The van der Waals surface area contributed by atoms with Crippen LogP contribution in [0.4, 0.5) is 4.39 Å². The fourth-order valence-corrected chi connectivity index (χ4v) is 5.56. The highest BCUT2D eigenvalue weighted by Crippen LogP contribution is 2.29. The van der Waals surface area contributed by atoms with Gasteiger partial charge >= 0.3 is 0 Å². The second-order valence-corrected chi connectivity index (χ2v) is 9.70. The maximum absolute atomic E-state index is 14.0. The summed E-state index contributed by atoms with van der Waals surface area (Å²) >= 11 is 0. The molecule has 0 unspecified atom stereocenters. The molecule has 3 aromatic rings. The van der Waals surface area contributed by atoms with Crippen LogP contribution in [-0.2, 0) is 14.8 Å². The molecule has 5 nitrogen and oxygen atoms in total. The number of nitrogens with zero attached hydrogens (tertiary/aromatic N) is 2. The fourth-order valence-electron chi connectivity index (χ4n) is 4.07. The predicted octanol–water partition coefficient (Wildman–Crippen LogP) is 3.88. The van der Waals surface area contributed by atoms with Crippen molar-refractivity contribution in [2.45, 2.75) is 17.2 Å². The van der Waals surface area contributed by atoms with E-state index in [0.29, 0.717) is 6.42 Å². The standard InChI is InChI=1S/C25H25FN2O3S/c26-23-13-7-8-14-24(23)32(30,31)28-17-15-27(16-18-28)25(29)19-22(20-9-3-1-4-10-20)21-11-5-2-6-12-21/h1-14,22H,15-19H2. The van der Waals surface area contributed by atoms with Crippen molar-refractivity contribution < 1.29 is 17.6 Å². The van der Waals surface area contributed by atoms with Crippen LogP contribution in [0.3, 0.4) is 0 Å². The van der Waals surface area contributed by atoms with Crippen molar-refractivity contribution in [3.8, 4) is 0 Å². The summed E-state index contributed by atoms with van der Waals surface area (Å²) in [5.41, 5.74) is 2.13. The summed E-state index contributed by atoms with van der Waals surface area (Å²) in [4.78, 5) is 14.5. The Hall–Kier alpha value is -3.03. The minimum atomic E-state index is -3.93. The molecule has 0 spiro atoms. The first kappa shape index (κ1) is 22.2. The van der Waals surface area contributed by atoms with Crippen molar-refractivity contribution >= 4 is 15.9 Å². The smallest absolute Gasteiger partial charge is 0.246 e. The number of amides is 1. The molecular formula is C25H25FN2O3S. The molecule has 0 radical (unpaired) electrons. The van der Waals surface area contributed by atoms with Crippen LogP contribution in [-0.4, -0.2) is 49.7 Å². The second kappa shape index (κ2) is 9.63. The molecule has 1 heterocycles. The van der Waals surface area contributed by atoms with Gasteiger partial charge in [-0.2, -0.15) is 4.31 Å². The Kier molecular flexibility index (Phi) is 6.67.